The van der Waals surface area contributed by atoms with Gasteiger partial charge in [0.2, 0.25) is 15.9 Å². The molecule has 3 rings (SSSR count). The van der Waals surface area contributed by atoms with Crippen LogP contribution in [-0.4, -0.2) is 25.2 Å². The van der Waals surface area contributed by atoms with Gasteiger partial charge in [-0.1, -0.05) is 53.0 Å². The Morgan fingerprint density at radius 2 is 1.58 bits per heavy atom. The highest BCUT2D eigenvalue weighted by Crippen LogP contribution is 2.26. The summed E-state index contributed by atoms with van der Waals surface area (Å²) in [7, 11) is -4.07. The first-order valence-electron chi connectivity index (χ1n) is 9.81. The summed E-state index contributed by atoms with van der Waals surface area (Å²) in [6, 6.07) is 15.6. The molecule has 0 aliphatic rings. The second kappa shape index (κ2) is 10.8. The lowest BCUT2D eigenvalue weighted by molar-refractivity contribution is -0.122. The highest BCUT2D eigenvalue weighted by Gasteiger charge is 2.28. The van der Waals surface area contributed by atoms with Gasteiger partial charge in [-0.2, -0.15) is 4.31 Å². The molecule has 1 atom stereocenters. The van der Waals surface area contributed by atoms with E-state index in [2.05, 4.69) is 5.32 Å². The quantitative estimate of drug-likeness (QED) is 0.398. The maximum Gasteiger partial charge on any atom is 0.243 e. The normalized spacial score (nSPS) is 12.5. The molecule has 5 nitrogen and oxygen atoms in total. The number of carbonyl (C=O) groups excluding carboxylic acids is 1. The predicted molar refractivity (Wildman–Crippen MR) is 128 cm³/mol. The monoisotopic (exact) mass is 528 g/mol. The average molecular weight is 530 g/mol. The Hall–Kier alpha value is -2.16. The fraction of sp³-hybridized carbons (Fsp3) is 0.174. The number of halogens is 4. The Morgan fingerprint density at radius 3 is 2.18 bits per heavy atom. The maximum absolute atomic E-state index is 13.3. The first-order valence-corrected chi connectivity index (χ1v) is 12.4. The Kier molecular flexibility index (Phi) is 8.37. The summed E-state index contributed by atoms with van der Waals surface area (Å²) in [5, 5.41) is 3.81. The van der Waals surface area contributed by atoms with Gasteiger partial charge in [0.05, 0.1) is 17.5 Å². The van der Waals surface area contributed by atoms with Gasteiger partial charge in [0.25, 0.3) is 0 Å². The fourth-order valence-electron chi connectivity index (χ4n) is 3.10. The third-order valence-corrected chi connectivity index (χ3v) is 7.53. The van der Waals surface area contributed by atoms with Gasteiger partial charge < -0.3 is 5.32 Å². The van der Waals surface area contributed by atoms with E-state index in [4.69, 9.17) is 34.8 Å². The van der Waals surface area contributed by atoms with Crippen molar-refractivity contribution in [2.24, 2.45) is 0 Å². The number of benzene rings is 3. The van der Waals surface area contributed by atoms with Crippen LogP contribution in [0.5, 0.6) is 0 Å². The van der Waals surface area contributed by atoms with Gasteiger partial charge >= 0.3 is 0 Å². The van der Waals surface area contributed by atoms with Crippen LogP contribution in [-0.2, 0) is 21.4 Å². The number of nitrogens with one attached hydrogen (secondary N) is 1. The molecular weight excluding hydrogens is 510 g/mol. The fourth-order valence-corrected chi connectivity index (χ4v) is 5.07. The summed E-state index contributed by atoms with van der Waals surface area (Å²) in [5.74, 6) is -0.924. The van der Waals surface area contributed by atoms with Gasteiger partial charge in [-0.25, -0.2) is 12.8 Å². The lowest BCUT2D eigenvalue weighted by Crippen LogP contribution is -2.41. The second-order valence-electron chi connectivity index (χ2n) is 7.30. The Bertz CT molecular complexity index is 1240. The summed E-state index contributed by atoms with van der Waals surface area (Å²) in [6.07, 6.45) is 0. The van der Waals surface area contributed by atoms with E-state index in [1.54, 1.807) is 31.2 Å². The molecule has 0 heterocycles. The van der Waals surface area contributed by atoms with Crippen molar-refractivity contribution >= 4 is 50.7 Å². The van der Waals surface area contributed by atoms with Gasteiger partial charge in [-0.05, 0) is 66.6 Å². The lowest BCUT2D eigenvalue weighted by Gasteiger charge is -2.24. The molecule has 33 heavy (non-hydrogen) atoms. The van der Waals surface area contributed by atoms with E-state index in [0.29, 0.717) is 21.2 Å². The minimum absolute atomic E-state index is 0.0173. The Morgan fingerprint density at radius 1 is 0.970 bits per heavy atom. The molecular formula is C23H20Cl3FN2O3S. The van der Waals surface area contributed by atoms with E-state index >= 15 is 0 Å². The number of hydrogen-bond donors (Lipinski definition) is 1. The van der Waals surface area contributed by atoms with Gasteiger partial charge in [0.15, 0.2) is 0 Å². The molecule has 0 saturated carbocycles. The van der Waals surface area contributed by atoms with Crippen molar-refractivity contribution in [3.05, 3.63) is 98.7 Å². The molecule has 0 radical (unpaired) electrons. The minimum Gasteiger partial charge on any atom is -0.348 e. The Balaban J connectivity index is 1.86. The maximum atomic E-state index is 13.3. The smallest absolute Gasteiger partial charge is 0.243 e. The second-order valence-corrected chi connectivity index (χ2v) is 10.5. The number of carbonyl (C=O) groups is 1. The molecule has 0 aliphatic carbocycles. The predicted octanol–water partition coefficient (Wildman–Crippen LogP) is 5.85. The summed E-state index contributed by atoms with van der Waals surface area (Å²) < 4.78 is 40.9. The molecule has 0 bridgehead atoms. The van der Waals surface area contributed by atoms with Crippen molar-refractivity contribution in [1.29, 1.82) is 0 Å². The van der Waals surface area contributed by atoms with Crippen LogP contribution in [0.15, 0.2) is 71.6 Å². The van der Waals surface area contributed by atoms with Gasteiger partial charge in [-0.15, -0.1) is 0 Å². The largest absolute Gasteiger partial charge is 0.348 e. The van der Waals surface area contributed by atoms with Crippen LogP contribution in [0.4, 0.5) is 4.39 Å². The highest BCUT2D eigenvalue weighted by atomic mass is 35.5. The summed E-state index contributed by atoms with van der Waals surface area (Å²) in [4.78, 5) is 12.8. The third kappa shape index (κ3) is 6.68. The zero-order valence-electron chi connectivity index (χ0n) is 17.4. The number of rotatable bonds is 8. The Labute approximate surface area is 207 Å². The first kappa shape index (κ1) is 25.5. The third-order valence-electron chi connectivity index (χ3n) is 4.88. The van der Waals surface area contributed by atoms with Crippen LogP contribution in [0, 0.1) is 5.82 Å². The molecule has 174 valence electrons. The zero-order chi connectivity index (χ0) is 24.2. The summed E-state index contributed by atoms with van der Waals surface area (Å²) in [6.45, 7) is 1.11. The van der Waals surface area contributed by atoms with E-state index in [9.17, 15) is 17.6 Å². The molecule has 0 aromatic heterocycles. The van der Waals surface area contributed by atoms with Crippen LogP contribution in [0.3, 0.4) is 0 Å². The molecule has 1 unspecified atom stereocenters. The topological polar surface area (TPSA) is 66.5 Å². The molecule has 1 N–H and O–H groups in total. The summed E-state index contributed by atoms with van der Waals surface area (Å²) >= 11 is 18.1. The SMILES string of the molecule is CC(NC(=O)CN(Cc1ccc(Cl)cc1Cl)S(=O)(=O)c1ccc(Cl)cc1)c1ccc(F)cc1. The van der Waals surface area contributed by atoms with Gasteiger partial charge in [0, 0.05) is 21.6 Å². The first-order chi connectivity index (χ1) is 15.6. The van der Waals surface area contributed by atoms with Crippen molar-refractivity contribution in [2.45, 2.75) is 24.4 Å². The summed E-state index contributed by atoms with van der Waals surface area (Å²) in [5.41, 5.74) is 1.16. The number of hydrogen-bond acceptors (Lipinski definition) is 3. The molecule has 3 aromatic rings. The van der Waals surface area contributed by atoms with Gasteiger partial charge in [0.1, 0.15) is 5.82 Å². The van der Waals surface area contributed by atoms with Crippen LogP contribution in [0.1, 0.15) is 24.1 Å². The molecule has 0 fully saturated rings. The van der Waals surface area contributed by atoms with E-state index in [1.807, 2.05) is 0 Å². The van der Waals surface area contributed by atoms with Crippen LogP contribution in [0.25, 0.3) is 0 Å². The van der Waals surface area contributed by atoms with Crippen molar-refractivity contribution in [2.75, 3.05) is 6.54 Å². The molecule has 0 spiro atoms. The van der Waals surface area contributed by atoms with E-state index in [0.717, 1.165) is 4.31 Å². The van der Waals surface area contributed by atoms with E-state index < -0.39 is 34.3 Å². The number of amides is 1. The van der Waals surface area contributed by atoms with E-state index in [-0.39, 0.29) is 16.5 Å². The molecule has 0 aliphatic heterocycles. The van der Waals surface area contributed by atoms with Crippen LogP contribution < -0.4 is 5.32 Å². The zero-order valence-corrected chi connectivity index (χ0v) is 20.5. The van der Waals surface area contributed by atoms with Crippen molar-refractivity contribution < 1.29 is 17.6 Å². The van der Waals surface area contributed by atoms with Crippen molar-refractivity contribution in [1.82, 2.24) is 9.62 Å². The molecule has 10 heteroatoms. The van der Waals surface area contributed by atoms with E-state index in [1.165, 1.54) is 42.5 Å². The van der Waals surface area contributed by atoms with Crippen molar-refractivity contribution in [3.8, 4) is 0 Å². The number of nitrogens with zero attached hydrogens (tertiary/aromatic N) is 1. The van der Waals surface area contributed by atoms with Crippen LogP contribution in [0.2, 0.25) is 15.1 Å². The highest BCUT2D eigenvalue weighted by molar-refractivity contribution is 7.89. The number of sulfonamides is 1. The molecule has 0 saturated heterocycles. The minimum atomic E-state index is -4.07. The lowest BCUT2D eigenvalue weighted by atomic mass is 10.1. The van der Waals surface area contributed by atoms with Crippen LogP contribution >= 0.6 is 34.8 Å². The molecule has 3 aromatic carbocycles. The van der Waals surface area contributed by atoms with Gasteiger partial charge in [-0.3, -0.25) is 4.79 Å². The molecule has 1 amide bonds. The standard InChI is InChI=1S/C23H20Cl3FN2O3S/c1-15(16-3-8-20(27)9-4-16)28-23(30)14-29(13-17-2-5-19(25)12-22(17)26)33(31,32)21-10-6-18(24)7-11-21/h2-12,15H,13-14H2,1H3,(H,28,30). The average Bonchev–Trinajstić information content (AvgIpc) is 2.75. The van der Waals surface area contributed by atoms with Crippen molar-refractivity contribution in [3.63, 3.8) is 0 Å².